The number of pyridine rings is 1. The van der Waals surface area contributed by atoms with E-state index >= 15 is 0 Å². The molecule has 0 aromatic carbocycles. The second kappa shape index (κ2) is 8.81. The van der Waals surface area contributed by atoms with Crippen molar-refractivity contribution in [2.45, 2.75) is 31.1 Å². The molecule has 2 aromatic rings. The van der Waals surface area contributed by atoms with Crippen LogP contribution in [0.4, 0.5) is 5.95 Å². The predicted octanol–water partition coefficient (Wildman–Crippen LogP) is 1.74. The molecule has 0 amide bonds. The summed E-state index contributed by atoms with van der Waals surface area (Å²) in [5.74, 6) is 1.27. The van der Waals surface area contributed by atoms with Crippen LogP contribution in [0, 0.1) is 0 Å². The molecule has 2 fully saturated rings. The second-order valence-corrected chi connectivity index (χ2v) is 7.39. The molecule has 0 bridgehead atoms. The van der Waals surface area contributed by atoms with Gasteiger partial charge in [0.1, 0.15) is 5.60 Å². The molecule has 2 aromatic heterocycles. The van der Waals surface area contributed by atoms with Crippen molar-refractivity contribution in [2.24, 2.45) is 0 Å². The van der Waals surface area contributed by atoms with Crippen molar-refractivity contribution < 1.29 is 14.2 Å². The minimum Gasteiger partial charge on any atom is -0.481 e. The summed E-state index contributed by atoms with van der Waals surface area (Å²) in [7, 11) is 1.63. The third-order valence-electron chi connectivity index (χ3n) is 5.23. The fourth-order valence-electron chi connectivity index (χ4n) is 3.86. The van der Waals surface area contributed by atoms with Gasteiger partial charge in [0.2, 0.25) is 11.8 Å². The van der Waals surface area contributed by atoms with Gasteiger partial charge in [-0.25, -0.2) is 15.0 Å². The van der Waals surface area contributed by atoms with Crippen LogP contribution in [0.15, 0.2) is 36.8 Å². The molecular formula is C20H27N5O3. The molecule has 28 heavy (non-hydrogen) atoms. The van der Waals surface area contributed by atoms with Crippen LogP contribution in [0.5, 0.6) is 5.88 Å². The van der Waals surface area contributed by atoms with Crippen LogP contribution >= 0.6 is 0 Å². The molecule has 8 heteroatoms. The lowest BCUT2D eigenvalue weighted by Crippen LogP contribution is -2.44. The molecule has 4 rings (SSSR count). The van der Waals surface area contributed by atoms with E-state index in [1.54, 1.807) is 19.5 Å². The maximum atomic E-state index is 6.48. The highest BCUT2D eigenvalue weighted by atomic mass is 16.6. The number of nitrogens with one attached hydrogen (secondary N) is 1. The van der Waals surface area contributed by atoms with Gasteiger partial charge < -0.3 is 19.5 Å². The number of ether oxygens (including phenoxy) is 3. The Bertz CT molecular complexity index is 745. The van der Waals surface area contributed by atoms with Crippen molar-refractivity contribution >= 4 is 5.95 Å². The molecule has 150 valence electrons. The van der Waals surface area contributed by atoms with Gasteiger partial charge in [-0.3, -0.25) is 4.90 Å². The predicted molar refractivity (Wildman–Crippen MR) is 104 cm³/mol. The number of methoxy groups -OCH3 is 1. The van der Waals surface area contributed by atoms with Crippen molar-refractivity contribution in [1.29, 1.82) is 0 Å². The maximum absolute atomic E-state index is 6.48. The molecule has 8 nitrogen and oxygen atoms in total. The quantitative estimate of drug-likeness (QED) is 0.805. The Hall–Kier alpha value is -2.29. The van der Waals surface area contributed by atoms with Crippen LogP contribution < -0.4 is 10.1 Å². The van der Waals surface area contributed by atoms with Crippen molar-refractivity contribution in [1.82, 2.24) is 19.9 Å². The van der Waals surface area contributed by atoms with Gasteiger partial charge in [-0.1, -0.05) is 6.07 Å². The third-order valence-corrected chi connectivity index (χ3v) is 5.23. The van der Waals surface area contributed by atoms with E-state index in [4.69, 9.17) is 14.2 Å². The van der Waals surface area contributed by atoms with Gasteiger partial charge in [-0.2, -0.15) is 0 Å². The Kier molecular flexibility index (Phi) is 5.99. The zero-order valence-corrected chi connectivity index (χ0v) is 16.2. The zero-order chi connectivity index (χ0) is 19.2. The Balaban J connectivity index is 1.34. The molecule has 1 N–H and O–H groups in total. The van der Waals surface area contributed by atoms with Crippen LogP contribution in [-0.4, -0.2) is 71.5 Å². The first kappa shape index (κ1) is 19.0. The van der Waals surface area contributed by atoms with E-state index in [1.165, 1.54) is 0 Å². The van der Waals surface area contributed by atoms with E-state index in [0.29, 0.717) is 25.0 Å². The summed E-state index contributed by atoms with van der Waals surface area (Å²) in [4.78, 5) is 15.1. The second-order valence-electron chi connectivity index (χ2n) is 7.39. The molecule has 0 unspecified atom stereocenters. The van der Waals surface area contributed by atoms with Crippen LogP contribution in [0.2, 0.25) is 0 Å². The van der Waals surface area contributed by atoms with Gasteiger partial charge >= 0.3 is 0 Å². The fourth-order valence-corrected chi connectivity index (χ4v) is 3.86. The first-order valence-electron chi connectivity index (χ1n) is 9.72. The standard InChI is InChI=1S/C20H27N5O3/c1-26-18-4-3-16(11-23-18)13-25-9-10-27-15-20(14-25)6-5-17(28-20)12-24-19-21-7-2-8-22-19/h2-4,7-8,11,17H,5-6,9-10,12-15H2,1H3,(H,21,22,24)/t17-,20+/m0/s1. The smallest absolute Gasteiger partial charge is 0.222 e. The minimum atomic E-state index is -0.250. The van der Waals surface area contributed by atoms with Crippen molar-refractivity contribution in [3.05, 3.63) is 42.4 Å². The molecule has 0 radical (unpaired) electrons. The Morgan fingerprint density at radius 2 is 2.18 bits per heavy atom. The number of rotatable bonds is 6. The monoisotopic (exact) mass is 385 g/mol. The maximum Gasteiger partial charge on any atom is 0.222 e. The SMILES string of the molecule is COc1ccc(CN2CCOC[C@@]3(CC[C@@H](CNc4ncccn4)O3)C2)cn1. The van der Waals surface area contributed by atoms with E-state index < -0.39 is 0 Å². The van der Waals surface area contributed by atoms with Gasteiger partial charge in [-0.05, 0) is 24.5 Å². The summed E-state index contributed by atoms with van der Waals surface area (Å²) >= 11 is 0. The van der Waals surface area contributed by atoms with E-state index in [0.717, 1.165) is 44.6 Å². The van der Waals surface area contributed by atoms with Gasteiger partial charge in [0.05, 0.1) is 26.4 Å². The summed E-state index contributed by atoms with van der Waals surface area (Å²) < 4.78 is 17.5. The highest BCUT2D eigenvalue weighted by molar-refractivity contribution is 5.22. The average Bonchev–Trinajstić information content (AvgIpc) is 3.02. The van der Waals surface area contributed by atoms with E-state index in [2.05, 4.69) is 31.2 Å². The molecule has 0 aliphatic carbocycles. The molecular weight excluding hydrogens is 358 g/mol. The fraction of sp³-hybridized carbons (Fsp3) is 0.550. The lowest BCUT2D eigenvalue weighted by molar-refractivity contribution is -0.0826. The summed E-state index contributed by atoms with van der Waals surface area (Å²) in [5.41, 5.74) is 0.913. The topological polar surface area (TPSA) is 81.6 Å². The van der Waals surface area contributed by atoms with Crippen LogP contribution in [0.3, 0.4) is 0 Å². The Morgan fingerprint density at radius 1 is 1.29 bits per heavy atom. The zero-order valence-electron chi connectivity index (χ0n) is 16.2. The summed E-state index contributed by atoms with van der Waals surface area (Å²) in [5, 5.41) is 3.26. The summed E-state index contributed by atoms with van der Waals surface area (Å²) in [6.45, 7) is 4.63. The molecule has 4 heterocycles. The first-order chi connectivity index (χ1) is 13.7. The Labute approximate surface area is 165 Å². The van der Waals surface area contributed by atoms with Gasteiger partial charge in [0.15, 0.2) is 0 Å². The van der Waals surface area contributed by atoms with Crippen LogP contribution in [-0.2, 0) is 16.0 Å². The average molecular weight is 385 g/mol. The summed E-state index contributed by atoms with van der Waals surface area (Å²) in [6.07, 6.45) is 7.47. The van der Waals surface area contributed by atoms with Crippen molar-refractivity contribution in [3.63, 3.8) is 0 Å². The number of hydrogen-bond acceptors (Lipinski definition) is 8. The lowest BCUT2D eigenvalue weighted by atomic mass is 10.00. The number of nitrogens with zero attached hydrogens (tertiary/aromatic N) is 4. The lowest BCUT2D eigenvalue weighted by Gasteiger charge is -2.32. The number of aromatic nitrogens is 3. The number of anilines is 1. The highest BCUT2D eigenvalue weighted by Gasteiger charge is 2.43. The van der Waals surface area contributed by atoms with Crippen LogP contribution in [0.1, 0.15) is 18.4 Å². The molecule has 1 spiro atoms. The van der Waals surface area contributed by atoms with Crippen molar-refractivity contribution in [2.75, 3.05) is 45.3 Å². The van der Waals surface area contributed by atoms with Gasteiger partial charge in [0, 0.05) is 50.8 Å². The van der Waals surface area contributed by atoms with Gasteiger partial charge in [0.25, 0.3) is 0 Å². The van der Waals surface area contributed by atoms with E-state index in [9.17, 15) is 0 Å². The largest absolute Gasteiger partial charge is 0.481 e. The van der Waals surface area contributed by atoms with E-state index in [-0.39, 0.29) is 11.7 Å². The van der Waals surface area contributed by atoms with Crippen LogP contribution in [0.25, 0.3) is 0 Å². The van der Waals surface area contributed by atoms with Gasteiger partial charge in [-0.15, -0.1) is 0 Å². The number of hydrogen-bond donors (Lipinski definition) is 1. The first-order valence-corrected chi connectivity index (χ1v) is 9.72. The summed E-state index contributed by atoms with van der Waals surface area (Å²) in [6, 6.07) is 5.77. The minimum absolute atomic E-state index is 0.134. The Morgan fingerprint density at radius 3 is 2.96 bits per heavy atom. The van der Waals surface area contributed by atoms with Crippen molar-refractivity contribution in [3.8, 4) is 5.88 Å². The molecule has 2 aliphatic heterocycles. The molecule has 2 atom stereocenters. The molecule has 0 saturated carbocycles. The van der Waals surface area contributed by atoms with E-state index in [1.807, 2.05) is 18.3 Å². The third kappa shape index (κ3) is 4.76. The normalized spacial score (nSPS) is 25.5. The molecule has 2 aliphatic rings. The highest BCUT2D eigenvalue weighted by Crippen LogP contribution is 2.33. The molecule has 2 saturated heterocycles.